The maximum Gasteiger partial charge on any atom is 0.390 e. The molecule has 0 aromatic heterocycles. The minimum absolute atomic E-state index is 0. The molecule has 114 valence electrons. The molecule has 0 bridgehead atoms. The summed E-state index contributed by atoms with van der Waals surface area (Å²) in [6.45, 7) is 2.22. The van der Waals surface area contributed by atoms with Gasteiger partial charge in [-0.3, -0.25) is 9.79 Å². The number of esters is 1. The second kappa shape index (κ2) is 11.1. The maximum atomic E-state index is 11.9. The molecule has 0 fully saturated rings. The first kappa shape index (κ1) is 20.6. The molecule has 0 amide bonds. The van der Waals surface area contributed by atoms with E-state index in [9.17, 15) is 18.0 Å². The van der Waals surface area contributed by atoms with E-state index in [-0.39, 0.29) is 49.4 Å². The van der Waals surface area contributed by atoms with Crippen molar-refractivity contribution in [3.05, 3.63) is 0 Å². The van der Waals surface area contributed by atoms with Crippen LogP contribution in [0.1, 0.15) is 19.8 Å². The monoisotopic (exact) mass is 397 g/mol. The minimum Gasteiger partial charge on any atom is -0.469 e. The predicted molar refractivity (Wildman–Crippen MR) is 76.7 cm³/mol. The third-order valence-corrected chi connectivity index (χ3v) is 1.86. The van der Waals surface area contributed by atoms with Crippen molar-refractivity contribution in [2.24, 2.45) is 4.99 Å². The molecule has 0 rings (SSSR count). The molecule has 0 aliphatic rings. The topological polar surface area (TPSA) is 62.7 Å². The van der Waals surface area contributed by atoms with Crippen LogP contribution in [0.15, 0.2) is 4.99 Å². The zero-order valence-electron chi connectivity index (χ0n) is 10.8. The Hall–Kier alpha value is -0.740. The summed E-state index contributed by atoms with van der Waals surface area (Å²) in [7, 11) is 1.27. The molecule has 9 heteroatoms. The van der Waals surface area contributed by atoms with Gasteiger partial charge in [-0.1, -0.05) is 0 Å². The third-order valence-electron chi connectivity index (χ3n) is 1.86. The Balaban J connectivity index is 0. The lowest BCUT2D eigenvalue weighted by molar-refractivity contribution is -0.140. The van der Waals surface area contributed by atoms with E-state index in [0.29, 0.717) is 6.54 Å². The lowest BCUT2D eigenvalue weighted by atomic mass is 10.4. The largest absolute Gasteiger partial charge is 0.469 e. The van der Waals surface area contributed by atoms with Gasteiger partial charge in [0.15, 0.2) is 5.96 Å². The van der Waals surface area contributed by atoms with Crippen molar-refractivity contribution in [3.8, 4) is 0 Å². The molecule has 0 heterocycles. The maximum absolute atomic E-state index is 11.9. The Morgan fingerprint density at radius 1 is 1.32 bits per heavy atom. The lowest BCUT2D eigenvalue weighted by Crippen LogP contribution is -2.38. The van der Waals surface area contributed by atoms with Gasteiger partial charge in [0.05, 0.1) is 26.5 Å². The van der Waals surface area contributed by atoms with Crippen LogP contribution >= 0.6 is 24.0 Å². The highest BCUT2D eigenvalue weighted by Crippen LogP contribution is 2.18. The van der Waals surface area contributed by atoms with Crippen molar-refractivity contribution in [1.29, 1.82) is 0 Å². The van der Waals surface area contributed by atoms with E-state index < -0.39 is 18.6 Å². The number of methoxy groups -OCH3 is 1. The van der Waals surface area contributed by atoms with Gasteiger partial charge in [-0.15, -0.1) is 24.0 Å². The van der Waals surface area contributed by atoms with Crippen molar-refractivity contribution in [2.75, 3.05) is 26.7 Å². The summed E-state index contributed by atoms with van der Waals surface area (Å²) in [5, 5.41) is 5.52. The Morgan fingerprint density at radius 3 is 2.42 bits per heavy atom. The minimum atomic E-state index is -4.22. The molecule has 0 saturated heterocycles. The number of alkyl halides is 3. The van der Waals surface area contributed by atoms with E-state index in [1.165, 1.54) is 7.11 Å². The zero-order chi connectivity index (χ0) is 14.0. The first-order chi connectivity index (χ1) is 8.39. The summed E-state index contributed by atoms with van der Waals surface area (Å²) >= 11 is 0. The molecule has 19 heavy (non-hydrogen) atoms. The Bertz CT molecular complexity index is 286. The molecule has 0 aliphatic heterocycles. The van der Waals surface area contributed by atoms with Crippen LogP contribution in [-0.2, 0) is 9.53 Å². The van der Waals surface area contributed by atoms with Crippen molar-refractivity contribution in [3.63, 3.8) is 0 Å². The normalized spacial score (nSPS) is 11.5. The van der Waals surface area contributed by atoms with Crippen LogP contribution in [0.2, 0.25) is 0 Å². The summed E-state index contributed by atoms with van der Waals surface area (Å²) in [6, 6.07) is 0. The number of nitrogens with one attached hydrogen (secondary N) is 2. The summed E-state index contributed by atoms with van der Waals surface area (Å²) in [5.74, 6) is -0.140. The molecule has 0 aromatic rings. The number of hydrogen-bond donors (Lipinski definition) is 2. The average molecular weight is 397 g/mol. The molecule has 0 spiro atoms. The van der Waals surface area contributed by atoms with Crippen LogP contribution in [0, 0.1) is 0 Å². The molecular weight excluding hydrogens is 378 g/mol. The highest BCUT2D eigenvalue weighted by atomic mass is 127. The number of hydrogen-bond acceptors (Lipinski definition) is 3. The molecule has 0 radical (unpaired) electrons. The van der Waals surface area contributed by atoms with Gasteiger partial charge < -0.3 is 15.4 Å². The van der Waals surface area contributed by atoms with Crippen LogP contribution < -0.4 is 10.6 Å². The van der Waals surface area contributed by atoms with Gasteiger partial charge in [0.1, 0.15) is 0 Å². The fourth-order valence-corrected chi connectivity index (χ4v) is 1.02. The first-order valence-electron chi connectivity index (χ1n) is 5.54. The molecular formula is C10H19F3IN3O2. The Kier molecular flexibility index (Phi) is 12.0. The van der Waals surface area contributed by atoms with Crippen LogP contribution in [-0.4, -0.2) is 44.8 Å². The van der Waals surface area contributed by atoms with Crippen molar-refractivity contribution in [1.82, 2.24) is 10.6 Å². The number of carbonyl (C=O) groups excluding carboxylic acids is 1. The number of carbonyl (C=O) groups is 1. The molecule has 2 N–H and O–H groups in total. The summed E-state index contributed by atoms with van der Waals surface area (Å²) in [5.41, 5.74) is 0. The lowest BCUT2D eigenvalue weighted by Gasteiger charge is -2.11. The first-order valence-corrected chi connectivity index (χ1v) is 5.54. The molecule has 0 unspecified atom stereocenters. The summed E-state index contributed by atoms with van der Waals surface area (Å²) < 4.78 is 40.2. The van der Waals surface area contributed by atoms with Gasteiger partial charge in [0.25, 0.3) is 0 Å². The highest BCUT2D eigenvalue weighted by Gasteiger charge is 2.26. The van der Waals surface area contributed by atoms with Crippen LogP contribution in [0.5, 0.6) is 0 Å². The summed E-state index contributed by atoms with van der Waals surface area (Å²) in [4.78, 5) is 14.6. The number of aliphatic imine (C=N–C) groups is 1. The van der Waals surface area contributed by atoms with Crippen molar-refractivity contribution in [2.45, 2.75) is 25.9 Å². The number of ether oxygens (including phenoxy) is 1. The van der Waals surface area contributed by atoms with Gasteiger partial charge in [-0.2, -0.15) is 13.2 Å². The smallest absolute Gasteiger partial charge is 0.390 e. The van der Waals surface area contributed by atoms with Crippen LogP contribution in [0.3, 0.4) is 0 Å². The van der Waals surface area contributed by atoms with E-state index in [4.69, 9.17) is 0 Å². The summed E-state index contributed by atoms with van der Waals surface area (Å²) in [6.07, 6.45) is -5.06. The SMILES string of the molecule is CCNC(=NCCC(F)(F)F)NCCC(=O)OC.I. The quantitative estimate of drug-likeness (QED) is 0.310. The fraction of sp³-hybridized carbons (Fsp3) is 0.800. The predicted octanol–water partition coefficient (Wildman–Crippen LogP) is 1.68. The fourth-order valence-electron chi connectivity index (χ4n) is 1.02. The van der Waals surface area contributed by atoms with Gasteiger partial charge >= 0.3 is 12.1 Å². The second-order valence-electron chi connectivity index (χ2n) is 3.38. The van der Waals surface area contributed by atoms with Gasteiger partial charge in [0.2, 0.25) is 0 Å². The van der Waals surface area contributed by atoms with E-state index in [2.05, 4.69) is 20.4 Å². The number of halogens is 4. The third kappa shape index (κ3) is 13.5. The number of nitrogens with zero attached hydrogens (tertiary/aromatic N) is 1. The average Bonchev–Trinajstić information content (AvgIpc) is 2.27. The number of rotatable bonds is 6. The van der Waals surface area contributed by atoms with E-state index in [1.54, 1.807) is 6.92 Å². The van der Waals surface area contributed by atoms with Gasteiger partial charge in [0, 0.05) is 13.1 Å². The molecule has 0 aromatic carbocycles. The number of guanidine groups is 1. The molecule has 0 saturated carbocycles. The molecule has 0 aliphatic carbocycles. The zero-order valence-corrected chi connectivity index (χ0v) is 13.2. The van der Waals surface area contributed by atoms with E-state index >= 15 is 0 Å². The Morgan fingerprint density at radius 2 is 1.95 bits per heavy atom. The highest BCUT2D eigenvalue weighted by molar-refractivity contribution is 14.0. The van der Waals surface area contributed by atoms with Gasteiger partial charge in [-0.05, 0) is 6.92 Å². The van der Waals surface area contributed by atoms with Crippen LogP contribution in [0.4, 0.5) is 13.2 Å². The van der Waals surface area contributed by atoms with E-state index in [1.807, 2.05) is 0 Å². The molecule has 5 nitrogen and oxygen atoms in total. The van der Waals surface area contributed by atoms with Crippen molar-refractivity contribution >= 4 is 35.9 Å². The molecule has 0 atom stereocenters. The van der Waals surface area contributed by atoms with Crippen LogP contribution in [0.25, 0.3) is 0 Å². The Labute approximate surface area is 127 Å². The van der Waals surface area contributed by atoms with Gasteiger partial charge in [-0.25, -0.2) is 0 Å². The second-order valence-corrected chi connectivity index (χ2v) is 3.38. The standard InChI is InChI=1S/C10H18F3N3O2.HI/c1-3-14-9(15-6-4-8(17)18-2)16-7-5-10(11,12)13;/h3-7H2,1-2H3,(H2,14,15,16);1H. The van der Waals surface area contributed by atoms with Crippen molar-refractivity contribution < 1.29 is 22.7 Å². The van der Waals surface area contributed by atoms with E-state index in [0.717, 1.165) is 0 Å².